The third-order valence-electron chi connectivity index (χ3n) is 4.00. The SMILES string of the molecule is CC(C)N(CCC#N)C(=O)C1(CN)CCCCC1. The molecule has 1 rings (SSSR count). The summed E-state index contributed by atoms with van der Waals surface area (Å²) in [6.45, 7) is 4.96. The van der Waals surface area contributed by atoms with Gasteiger partial charge in [0.1, 0.15) is 0 Å². The maximum Gasteiger partial charge on any atom is 0.230 e. The third kappa shape index (κ3) is 3.23. The van der Waals surface area contributed by atoms with Gasteiger partial charge in [-0.2, -0.15) is 5.26 Å². The van der Waals surface area contributed by atoms with Crippen LogP contribution in [0.15, 0.2) is 0 Å². The van der Waals surface area contributed by atoms with E-state index < -0.39 is 0 Å². The van der Waals surface area contributed by atoms with Crippen LogP contribution in [0.3, 0.4) is 0 Å². The molecule has 4 heteroatoms. The molecule has 1 aliphatic rings. The molecule has 4 nitrogen and oxygen atoms in total. The molecule has 0 aromatic rings. The minimum absolute atomic E-state index is 0.135. The molecule has 1 amide bonds. The highest BCUT2D eigenvalue weighted by atomic mass is 16.2. The lowest BCUT2D eigenvalue weighted by Crippen LogP contribution is -2.51. The van der Waals surface area contributed by atoms with Gasteiger partial charge in [-0.25, -0.2) is 0 Å². The van der Waals surface area contributed by atoms with E-state index in [1.807, 2.05) is 18.7 Å². The molecule has 0 heterocycles. The van der Waals surface area contributed by atoms with Crippen molar-refractivity contribution in [3.63, 3.8) is 0 Å². The fourth-order valence-corrected chi connectivity index (χ4v) is 2.80. The largest absolute Gasteiger partial charge is 0.339 e. The molecule has 0 radical (unpaired) electrons. The van der Waals surface area contributed by atoms with Gasteiger partial charge in [0.25, 0.3) is 0 Å². The third-order valence-corrected chi connectivity index (χ3v) is 4.00. The second-order valence-electron chi connectivity index (χ2n) is 5.55. The van der Waals surface area contributed by atoms with E-state index in [0.717, 1.165) is 25.7 Å². The molecular weight excluding hydrogens is 226 g/mol. The fourth-order valence-electron chi connectivity index (χ4n) is 2.80. The van der Waals surface area contributed by atoms with E-state index in [1.54, 1.807) is 0 Å². The molecule has 0 spiro atoms. The Labute approximate surface area is 110 Å². The van der Waals surface area contributed by atoms with Gasteiger partial charge in [0, 0.05) is 19.1 Å². The van der Waals surface area contributed by atoms with Gasteiger partial charge < -0.3 is 10.6 Å². The first-order valence-corrected chi connectivity index (χ1v) is 6.95. The Balaban J connectivity index is 2.82. The van der Waals surface area contributed by atoms with E-state index in [9.17, 15) is 4.79 Å². The molecule has 0 bridgehead atoms. The predicted octanol–water partition coefficient (Wildman–Crippen LogP) is 2.05. The average molecular weight is 251 g/mol. The average Bonchev–Trinajstić information content (AvgIpc) is 2.39. The molecule has 1 fully saturated rings. The molecule has 0 aliphatic heterocycles. The van der Waals surface area contributed by atoms with Crippen molar-refractivity contribution in [3.8, 4) is 6.07 Å². The molecule has 2 N–H and O–H groups in total. The number of nitrogens with two attached hydrogens (primary N) is 1. The van der Waals surface area contributed by atoms with Crippen molar-refractivity contribution in [1.29, 1.82) is 5.26 Å². The molecule has 1 aliphatic carbocycles. The van der Waals surface area contributed by atoms with Crippen molar-refractivity contribution in [3.05, 3.63) is 0 Å². The van der Waals surface area contributed by atoms with Gasteiger partial charge in [0.2, 0.25) is 5.91 Å². The van der Waals surface area contributed by atoms with Crippen LogP contribution in [-0.4, -0.2) is 29.9 Å². The van der Waals surface area contributed by atoms with E-state index in [1.165, 1.54) is 6.42 Å². The molecule has 0 aromatic heterocycles. The van der Waals surface area contributed by atoms with Crippen LogP contribution < -0.4 is 5.73 Å². The Hall–Kier alpha value is -1.08. The second kappa shape index (κ2) is 6.75. The standard InChI is InChI=1S/C14H25N3O/c1-12(2)17(10-6-9-15)13(18)14(11-16)7-4-3-5-8-14/h12H,3-8,10-11,16H2,1-2H3. The smallest absolute Gasteiger partial charge is 0.230 e. The lowest BCUT2D eigenvalue weighted by atomic mass is 9.73. The van der Waals surface area contributed by atoms with Crippen LogP contribution in [0.1, 0.15) is 52.4 Å². The highest BCUT2D eigenvalue weighted by Crippen LogP contribution is 2.37. The van der Waals surface area contributed by atoms with Crippen molar-refractivity contribution in [2.45, 2.75) is 58.4 Å². The number of hydrogen-bond acceptors (Lipinski definition) is 3. The van der Waals surface area contributed by atoms with Gasteiger partial charge in [-0.15, -0.1) is 0 Å². The number of carbonyl (C=O) groups is 1. The van der Waals surface area contributed by atoms with Crippen molar-refractivity contribution in [1.82, 2.24) is 4.90 Å². The van der Waals surface area contributed by atoms with Crippen LogP contribution in [0.2, 0.25) is 0 Å². The summed E-state index contributed by atoms with van der Waals surface area (Å²) in [5, 5.41) is 8.70. The fraction of sp³-hybridized carbons (Fsp3) is 0.857. The Morgan fingerprint density at radius 2 is 2.00 bits per heavy atom. The quantitative estimate of drug-likeness (QED) is 0.813. The maximum absolute atomic E-state index is 12.7. The Bertz CT molecular complexity index is 313. The van der Waals surface area contributed by atoms with E-state index in [4.69, 9.17) is 11.0 Å². The second-order valence-corrected chi connectivity index (χ2v) is 5.55. The first kappa shape index (κ1) is 15.0. The molecule has 0 saturated heterocycles. The number of rotatable bonds is 5. The Morgan fingerprint density at radius 1 is 1.39 bits per heavy atom. The summed E-state index contributed by atoms with van der Waals surface area (Å²) in [6, 6.07) is 2.25. The molecule has 1 saturated carbocycles. The lowest BCUT2D eigenvalue weighted by molar-refractivity contribution is -0.145. The molecule has 0 atom stereocenters. The van der Waals surface area contributed by atoms with Gasteiger partial charge in [0.05, 0.1) is 17.9 Å². The Morgan fingerprint density at radius 3 is 2.44 bits per heavy atom. The van der Waals surface area contributed by atoms with Crippen molar-refractivity contribution < 1.29 is 4.79 Å². The minimum atomic E-state index is -0.363. The van der Waals surface area contributed by atoms with Crippen molar-refractivity contribution in [2.24, 2.45) is 11.1 Å². The summed E-state index contributed by atoms with van der Waals surface area (Å²) in [5.74, 6) is 0.162. The van der Waals surface area contributed by atoms with E-state index >= 15 is 0 Å². The zero-order chi connectivity index (χ0) is 13.6. The van der Waals surface area contributed by atoms with Gasteiger partial charge >= 0.3 is 0 Å². The summed E-state index contributed by atoms with van der Waals surface area (Å²) < 4.78 is 0. The number of nitrogens with zero attached hydrogens (tertiary/aromatic N) is 2. The lowest BCUT2D eigenvalue weighted by Gasteiger charge is -2.40. The molecular formula is C14H25N3O. The van der Waals surface area contributed by atoms with E-state index in [-0.39, 0.29) is 17.4 Å². The Kier molecular flexibility index (Phi) is 5.61. The van der Waals surface area contributed by atoms with E-state index in [2.05, 4.69) is 6.07 Å². The molecule has 0 unspecified atom stereocenters. The zero-order valence-corrected chi connectivity index (χ0v) is 11.6. The monoisotopic (exact) mass is 251 g/mol. The van der Waals surface area contributed by atoms with E-state index in [0.29, 0.717) is 19.5 Å². The van der Waals surface area contributed by atoms with Gasteiger partial charge in [-0.1, -0.05) is 19.3 Å². The van der Waals surface area contributed by atoms with Crippen LogP contribution in [0, 0.1) is 16.7 Å². The number of amides is 1. The molecule has 0 aromatic carbocycles. The predicted molar refractivity (Wildman–Crippen MR) is 71.7 cm³/mol. The normalized spacial score (nSPS) is 18.4. The van der Waals surface area contributed by atoms with Crippen molar-refractivity contribution >= 4 is 5.91 Å². The first-order chi connectivity index (χ1) is 8.57. The van der Waals surface area contributed by atoms with Crippen LogP contribution in [0.5, 0.6) is 0 Å². The molecule has 18 heavy (non-hydrogen) atoms. The summed E-state index contributed by atoms with van der Waals surface area (Å²) in [7, 11) is 0. The van der Waals surface area contributed by atoms with Gasteiger partial charge in [-0.3, -0.25) is 4.79 Å². The summed E-state index contributed by atoms with van der Waals surface area (Å²) >= 11 is 0. The van der Waals surface area contributed by atoms with Crippen LogP contribution in [0.4, 0.5) is 0 Å². The summed E-state index contributed by atoms with van der Waals surface area (Å²) in [5.41, 5.74) is 5.53. The van der Waals surface area contributed by atoms with Crippen LogP contribution in [-0.2, 0) is 4.79 Å². The highest BCUT2D eigenvalue weighted by Gasteiger charge is 2.41. The maximum atomic E-state index is 12.7. The summed E-state index contributed by atoms with van der Waals surface area (Å²) in [6.07, 6.45) is 5.58. The highest BCUT2D eigenvalue weighted by molar-refractivity contribution is 5.83. The first-order valence-electron chi connectivity index (χ1n) is 6.95. The minimum Gasteiger partial charge on any atom is -0.339 e. The number of carbonyl (C=O) groups excluding carboxylic acids is 1. The zero-order valence-electron chi connectivity index (χ0n) is 11.6. The van der Waals surface area contributed by atoms with Crippen LogP contribution >= 0.6 is 0 Å². The topological polar surface area (TPSA) is 70.1 Å². The number of hydrogen-bond donors (Lipinski definition) is 1. The van der Waals surface area contributed by atoms with Gasteiger partial charge in [0.15, 0.2) is 0 Å². The van der Waals surface area contributed by atoms with Crippen molar-refractivity contribution in [2.75, 3.05) is 13.1 Å². The molecule has 102 valence electrons. The van der Waals surface area contributed by atoms with Crippen LogP contribution in [0.25, 0.3) is 0 Å². The number of nitriles is 1. The summed E-state index contributed by atoms with van der Waals surface area (Å²) in [4.78, 5) is 14.6. The van der Waals surface area contributed by atoms with Gasteiger partial charge in [-0.05, 0) is 26.7 Å².